The van der Waals surface area contributed by atoms with Crippen molar-refractivity contribution in [1.29, 1.82) is 0 Å². The van der Waals surface area contributed by atoms with Crippen LogP contribution in [-0.4, -0.2) is 41.7 Å². The molecule has 146 valence electrons. The smallest absolute Gasteiger partial charge is 0.338 e. The Morgan fingerprint density at radius 1 is 1.26 bits per heavy atom. The summed E-state index contributed by atoms with van der Waals surface area (Å²) >= 11 is 1.18. The number of nitro groups is 1. The molecule has 0 spiro atoms. The molecular formula is C17H21N3O6S. The van der Waals surface area contributed by atoms with Gasteiger partial charge in [-0.15, -0.1) is 11.8 Å². The van der Waals surface area contributed by atoms with E-state index in [1.807, 2.05) is 0 Å². The third-order valence-corrected chi connectivity index (χ3v) is 4.92. The SMILES string of the molecule is CSc1ccc(C(=O)OCC(=O)NC(=O)NC2CCCCC2)cc1[N+](=O)[O-]. The van der Waals surface area contributed by atoms with E-state index < -0.39 is 29.4 Å². The van der Waals surface area contributed by atoms with Crippen LogP contribution in [0.1, 0.15) is 42.5 Å². The zero-order valence-electron chi connectivity index (χ0n) is 14.9. The molecule has 0 heterocycles. The zero-order chi connectivity index (χ0) is 19.8. The molecule has 3 amide bonds. The van der Waals surface area contributed by atoms with Crippen molar-refractivity contribution < 1.29 is 24.0 Å². The lowest BCUT2D eigenvalue weighted by atomic mass is 9.96. The van der Waals surface area contributed by atoms with Gasteiger partial charge in [0, 0.05) is 12.1 Å². The second-order valence-electron chi connectivity index (χ2n) is 6.08. The van der Waals surface area contributed by atoms with Gasteiger partial charge in [-0.05, 0) is 31.2 Å². The largest absolute Gasteiger partial charge is 0.452 e. The minimum absolute atomic E-state index is 0.0426. The van der Waals surface area contributed by atoms with Crippen LogP contribution in [0.4, 0.5) is 10.5 Å². The Morgan fingerprint density at radius 2 is 1.96 bits per heavy atom. The lowest BCUT2D eigenvalue weighted by molar-refractivity contribution is -0.387. The zero-order valence-corrected chi connectivity index (χ0v) is 15.7. The predicted octanol–water partition coefficient (Wildman–Crippen LogP) is 2.63. The van der Waals surface area contributed by atoms with Gasteiger partial charge in [0.25, 0.3) is 11.6 Å². The highest BCUT2D eigenvalue weighted by molar-refractivity contribution is 7.98. The normalized spacial score (nSPS) is 14.3. The molecule has 27 heavy (non-hydrogen) atoms. The summed E-state index contributed by atoms with van der Waals surface area (Å²) in [5.41, 5.74) is -0.257. The number of rotatable bonds is 6. The Kier molecular flexibility index (Phi) is 7.59. The molecule has 1 aliphatic carbocycles. The van der Waals surface area contributed by atoms with E-state index in [0.717, 1.165) is 38.2 Å². The van der Waals surface area contributed by atoms with E-state index in [9.17, 15) is 24.5 Å². The van der Waals surface area contributed by atoms with Crippen LogP contribution in [-0.2, 0) is 9.53 Å². The van der Waals surface area contributed by atoms with Crippen molar-refractivity contribution in [1.82, 2.24) is 10.6 Å². The van der Waals surface area contributed by atoms with Crippen molar-refractivity contribution in [3.8, 4) is 0 Å². The first-order chi connectivity index (χ1) is 12.9. The molecule has 0 aliphatic heterocycles. The Morgan fingerprint density at radius 3 is 2.59 bits per heavy atom. The molecule has 9 nitrogen and oxygen atoms in total. The molecule has 0 atom stereocenters. The second-order valence-corrected chi connectivity index (χ2v) is 6.92. The summed E-state index contributed by atoms with van der Waals surface area (Å²) in [7, 11) is 0. The van der Waals surface area contributed by atoms with Crippen LogP contribution >= 0.6 is 11.8 Å². The molecule has 1 aromatic carbocycles. The fourth-order valence-electron chi connectivity index (χ4n) is 2.81. The maximum absolute atomic E-state index is 12.0. The topological polar surface area (TPSA) is 128 Å². The number of amides is 3. The molecule has 0 saturated heterocycles. The van der Waals surface area contributed by atoms with Crippen molar-refractivity contribution in [2.75, 3.05) is 12.9 Å². The maximum atomic E-state index is 12.0. The van der Waals surface area contributed by atoms with Crippen molar-refractivity contribution in [3.05, 3.63) is 33.9 Å². The van der Waals surface area contributed by atoms with E-state index in [1.54, 1.807) is 6.26 Å². The van der Waals surface area contributed by atoms with E-state index in [2.05, 4.69) is 10.6 Å². The Balaban J connectivity index is 1.83. The highest BCUT2D eigenvalue weighted by Gasteiger charge is 2.20. The molecule has 10 heteroatoms. The number of carbonyl (C=O) groups is 3. The van der Waals surface area contributed by atoms with Crippen LogP contribution in [0.5, 0.6) is 0 Å². The quantitative estimate of drug-likeness (QED) is 0.328. The van der Waals surface area contributed by atoms with Gasteiger partial charge in [-0.1, -0.05) is 19.3 Å². The maximum Gasteiger partial charge on any atom is 0.338 e. The van der Waals surface area contributed by atoms with Gasteiger partial charge in [-0.3, -0.25) is 20.2 Å². The van der Waals surface area contributed by atoms with Gasteiger partial charge in [0.1, 0.15) is 0 Å². The summed E-state index contributed by atoms with van der Waals surface area (Å²) in [6.45, 7) is -0.658. The van der Waals surface area contributed by atoms with Crippen LogP contribution in [0, 0.1) is 10.1 Å². The monoisotopic (exact) mass is 395 g/mol. The van der Waals surface area contributed by atoms with Crippen molar-refractivity contribution in [2.45, 2.75) is 43.0 Å². The Hall–Kier alpha value is -2.62. The van der Waals surface area contributed by atoms with Gasteiger partial charge in [0.15, 0.2) is 6.61 Å². The lowest BCUT2D eigenvalue weighted by Crippen LogP contribution is -2.46. The molecular weight excluding hydrogens is 374 g/mol. The van der Waals surface area contributed by atoms with E-state index in [-0.39, 0.29) is 17.3 Å². The fourth-order valence-corrected chi connectivity index (χ4v) is 3.35. The molecule has 1 aromatic rings. The van der Waals surface area contributed by atoms with Gasteiger partial charge < -0.3 is 10.1 Å². The van der Waals surface area contributed by atoms with Crippen LogP contribution < -0.4 is 10.6 Å². The van der Waals surface area contributed by atoms with Crippen LogP contribution in [0.3, 0.4) is 0 Å². The van der Waals surface area contributed by atoms with Gasteiger partial charge in [0.05, 0.1) is 15.4 Å². The van der Waals surface area contributed by atoms with E-state index in [4.69, 9.17) is 4.74 Å². The van der Waals surface area contributed by atoms with Gasteiger partial charge in [-0.2, -0.15) is 0 Å². The van der Waals surface area contributed by atoms with E-state index in [1.165, 1.54) is 23.9 Å². The molecule has 2 rings (SSSR count). The van der Waals surface area contributed by atoms with Crippen molar-refractivity contribution >= 4 is 35.4 Å². The number of urea groups is 1. The Bertz CT molecular complexity index is 733. The van der Waals surface area contributed by atoms with Crippen LogP contribution in [0.25, 0.3) is 0 Å². The highest BCUT2D eigenvalue weighted by Crippen LogP contribution is 2.28. The third kappa shape index (κ3) is 6.24. The number of hydrogen-bond donors (Lipinski definition) is 2. The number of thioether (sulfide) groups is 1. The molecule has 2 N–H and O–H groups in total. The van der Waals surface area contributed by atoms with Gasteiger partial charge in [0.2, 0.25) is 0 Å². The minimum atomic E-state index is -0.881. The van der Waals surface area contributed by atoms with E-state index in [0.29, 0.717) is 4.90 Å². The van der Waals surface area contributed by atoms with E-state index >= 15 is 0 Å². The number of esters is 1. The molecule has 0 radical (unpaired) electrons. The van der Waals surface area contributed by atoms with Crippen molar-refractivity contribution in [2.24, 2.45) is 0 Å². The second kappa shape index (κ2) is 9.91. The number of imide groups is 1. The molecule has 0 unspecified atom stereocenters. The lowest BCUT2D eigenvalue weighted by Gasteiger charge is -2.22. The average Bonchev–Trinajstić information content (AvgIpc) is 2.66. The summed E-state index contributed by atoms with van der Waals surface area (Å²) in [4.78, 5) is 46.4. The summed E-state index contributed by atoms with van der Waals surface area (Å²) < 4.78 is 4.83. The Labute approximate surface area is 160 Å². The molecule has 1 fully saturated rings. The molecule has 1 saturated carbocycles. The number of benzene rings is 1. The number of ether oxygens (including phenoxy) is 1. The summed E-state index contributed by atoms with van der Waals surface area (Å²) in [5, 5.41) is 15.9. The molecule has 0 aromatic heterocycles. The van der Waals surface area contributed by atoms with Crippen LogP contribution in [0.2, 0.25) is 0 Å². The molecule has 0 bridgehead atoms. The van der Waals surface area contributed by atoms with Crippen LogP contribution in [0.15, 0.2) is 23.1 Å². The number of carbonyl (C=O) groups excluding carboxylic acids is 3. The standard InChI is InChI=1S/C17H21N3O6S/c1-27-14-8-7-11(9-13(14)20(24)25)16(22)26-10-15(21)19-17(23)18-12-5-3-2-4-6-12/h7-9,12H,2-6,10H2,1H3,(H2,18,19,21,23). The number of nitrogens with zero attached hydrogens (tertiary/aromatic N) is 1. The predicted molar refractivity (Wildman–Crippen MR) is 98.7 cm³/mol. The summed E-state index contributed by atoms with van der Waals surface area (Å²) in [5.74, 6) is -1.65. The van der Waals surface area contributed by atoms with Gasteiger partial charge >= 0.3 is 12.0 Å². The number of nitro benzene ring substituents is 1. The highest BCUT2D eigenvalue weighted by atomic mass is 32.2. The summed E-state index contributed by atoms with van der Waals surface area (Å²) in [6, 6.07) is 3.35. The third-order valence-electron chi connectivity index (χ3n) is 4.14. The first kappa shape index (κ1) is 20.7. The number of nitrogens with one attached hydrogen (secondary N) is 2. The van der Waals surface area contributed by atoms with Gasteiger partial charge in [-0.25, -0.2) is 9.59 Å². The average molecular weight is 395 g/mol. The molecule has 1 aliphatic rings. The van der Waals surface area contributed by atoms with Crippen molar-refractivity contribution in [3.63, 3.8) is 0 Å². The first-order valence-corrected chi connectivity index (χ1v) is 9.73. The fraction of sp³-hybridized carbons (Fsp3) is 0.471. The number of hydrogen-bond acceptors (Lipinski definition) is 7. The first-order valence-electron chi connectivity index (χ1n) is 8.50. The minimum Gasteiger partial charge on any atom is -0.452 e. The summed E-state index contributed by atoms with van der Waals surface area (Å²) in [6.07, 6.45) is 6.66.